The van der Waals surface area contributed by atoms with Crippen molar-refractivity contribution in [1.82, 2.24) is 5.43 Å². The van der Waals surface area contributed by atoms with Crippen molar-refractivity contribution >= 4 is 11.6 Å². The van der Waals surface area contributed by atoms with Crippen molar-refractivity contribution in [3.8, 4) is 5.75 Å². The summed E-state index contributed by atoms with van der Waals surface area (Å²) in [6.45, 7) is 2.23. The summed E-state index contributed by atoms with van der Waals surface area (Å²) in [5.74, 6) is 5.34. The average molecular weight is 382 g/mol. The van der Waals surface area contributed by atoms with Crippen LogP contribution in [-0.2, 0) is 4.79 Å². The van der Waals surface area contributed by atoms with Crippen molar-refractivity contribution in [2.24, 2.45) is 5.84 Å². The molecule has 154 valence electrons. The first kappa shape index (κ1) is 23.4. The molecule has 0 aliphatic heterocycles. The summed E-state index contributed by atoms with van der Waals surface area (Å²) in [4.78, 5) is 11.9. The van der Waals surface area contributed by atoms with E-state index < -0.39 is 11.3 Å². The Morgan fingerprint density at radius 1 is 1.07 bits per heavy atom. The first-order valence-corrected chi connectivity index (χ1v) is 10.1. The fraction of sp³-hybridized carbons (Fsp3) is 0.650. The lowest BCUT2D eigenvalue weighted by Crippen LogP contribution is -2.99. The Morgan fingerprint density at radius 2 is 1.59 bits per heavy atom. The normalized spacial score (nSPS) is 13.2. The number of amides is 1. The van der Waals surface area contributed by atoms with E-state index in [1.54, 1.807) is 12.1 Å². The molecule has 0 radical (unpaired) electrons. The highest BCUT2D eigenvalue weighted by Crippen LogP contribution is 2.18. The van der Waals surface area contributed by atoms with Crippen molar-refractivity contribution in [3.05, 3.63) is 29.5 Å². The molecule has 0 saturated heterocycles. The topological polar surface area (TPSA) is 112 Å². The fourth-order valence-electron chi connectivity index (χ4n) is 2.99. The molecule has 0 aliphatic rings. The van der Waals surface area contributed by atoms with Crippen molar-refractivity contribution < 1.29 is 20.0 Å². The number of hydrazine groups is 1. The second kappa shape index (κ2) is 14.4. The van der Waals surface area contributed by atoms with Crippen LogP contribution in [0, 0.1) is 5.21 Å². The van der Waals surface area contributed by atoms with Gasteiger partial charge in [0.05, 0.1) is 0 Å². The van der Waals surface area contributed by atoms with Crippen LogP contribution in [0.4, 0.5) is 5.69 Å². The number of unbranched alkanes of at least 4 members (excludes halogenated alkanes) is 9. The van der Waals surface area contributed by atoms with Crippen molar-refractivity contribution in [3.63, 3.8) is 0 Å². The van der Waals surface area contributed by atoms with Gasteiger partial charge in [0.15, 0.2) is 11.8 Å². The second-order valence-corrected chi connectivity index (χ2v) is 6.92. The van der Waals surface area contributed by atoms with Crippen molar-refractivity contribution in [1.29, 1.82) is 0 Å². The Morgan fingerprint density at radius 3 is 2.07 bits per heavy atom. The molecule has 0 bridgehead atoms. The number of carbonyl (C=O) groups is 1. The van der Waals surface area contributed by atoms with Gasteiger partial charge in [0.25, 0.3) is 5.91 Å². The third kappa shape index (κ3) is 10.3. The molecule has 2 atom stereocenters. The zero-order valence-electron chi connectivity index (χ0n) is 16.4. The van der Waals surface area contributed by atoms with E-state index in [4.69, 9.17) is 15.8 Å². The molecule has 1 rings (SSSR count). The quantitative estimate of drug-likeness (QED) is 0.161. The van der Waals surface area contributed by atoms with E-state index in [0.717, 1.165) is 19.3 Å². The summed E-state index contributed by atoms with van der Waals surface area (Å²) in [5.41, 5.74) is 2.32. The van der Waals surface area contributed by atoms with E-state index in [2.05, 4.69) is 12.3 Å². The van der Waals surface area contributed by atoms with Crippen LogP contribution in [0.25, 0.3) is 0 Å². The highest BCUT2D eigenvalue weighted by atomic mass is 16.8. The lowest BCUT2D eigenvalue weighted by molar-refractivity contribution is -0.991. The fourth-order valence-corrected chi connectivity index (χ4v) is 2.99. The van der Waals surface area contributed by atoms with Gasteiger partial charge in [-0.3, -0.25) is 10.2 Å². The minimum absolute atomic E-state index is 0.178. The number of benzene rings is 1. The molecular formula is C20H35N3O4. The monoisotopic (exact) mass is 381 g/mol. The number of rotatable bonds is 15. The van der Waals surface area contributed by atoms with Crippen LogP contribution in [0.1, 0.15) is 77.6 Å². The van der Waals surface area contributed by atoms with Gasteiger partial charge in [0.2, 0.25) is 0 Å². The van der Waals surface area contributed by atoms with Gasteiger partial charge in [-0.2, -0.15) is 5.23 Å². The van der Waals surface area contributed by atoms with Gasteiger partial charge in [0.1, 0.15) is 5.75 Å². The van der Waals surface area contributed by atoms with Crippen LogP contribution in [0.3, 0.4) is 0 Å². The molecule has 0 fully saturated rings. The maximum atomic E-state index is 11.9. The molecule has 0 aliphatic carbocycles. The van der Waals surface area contributed by atoms with E-state index in [0.29, 0.717) is 12.2 Å². The standard InChI is InChI=1S/C20H35N3O4/c1-2-3-4-5-6-7-8-9-10-11-12-19(20(24)22-21)27-18-15-13-17(14-16-18)23(25)26/h13-16,19,23,25H,2-12,21H2,1H3,(H,22,24)/t19-/m0/s1. The van der Waals surface area contributed by atoms with Crippen LogP contribution in [0.5, 0.6) is 5.75 Å². The molecule has 1 amide bonds. The number of carbonyl (C=O) groups excluding carboxylic acids is 1. The second-order valence-electron chi connectivity index (χ2n) is 6.92. The number of hydrogen-bond donors (Lipinski definition) is 4. The minimum Gasteiger partial charge on any atom is -0.595 e. The molecule has 27 heavy (non-hydrogen) atoms. The highest BCUT2D eigenvalue weighted by molar-refractivity contribution is 5.80. The van der Waals surface area contributed by atoms with Crippen molar-refractivity contribution in [2.75, 3.05) is 0 Å². The van der Waals surface area contributed by atoms with E-state index in [9.17, 15) is 10.0 Å². The van der Waals surface area contributed by atoms with Gasteiger partial charge in [-0.1, -0.05) is 64.7 Å². The molecule has 0 saturated carbocycles. The van der Waals surface area contributed by atoms with Gasteiger partial charge >= 0.3 is 0 Å². The lowest BCUT2D eigenvalue weighted by atomic mass is 10.0. The Bertz CT molecular complexity index is 508. The molecule has 0 aromatic heterocycles. The lowest BCUT2D eigenvalue weighted by Gasteiger charge is -2.18. The van der Waals surface area contributed by atoms with E-state index >= 15 is 0 Å². The molecule has 0 heterocycles. The van der Waals surface area contributed by atoms with Crippen molar-refractivity contribution in [2.45, 2.75) is 83.7 Å². The molecule has 1 unspecified atom stereocenters. The van der Waals surface area contributed by atoms with E-state index in [1.807, 2.05) is 0 Å². The number of nitrogens with two attached hydrogens (primary N) is 1. The van der Waals surface area contributed by atoms with Gasteiger partial charge in [0, 0.05) is 12.1 Å². The summed E-state index contributed by atoms with van der Waals surface area (Å²) < 4.78 is 5.70. The van der Waals surface area contributed by atoms with Gasteiger partial charge < -0.3 is 9.94 Å². The third-order valence-corrected chi connectivity index (χ3v) is 4.63. The molecule has 1 aromatic carbocycles. The predicted octanol–water partition coefficient (Wildman–Crippen LogP) is 3.14. The maximum Gasteiger partial charge on any atom is 0.274 e. The molecule has 7 nitrogen and oxygen atoms in total. The first-order valence-electron chi connectivity index (χ1n) is 10.1. The Labute approximate surface area is 162 Å². The number of hydrogen-bond acceptors (Lipinski definition) is 5. The third-order valence-electron chi connectivity index (χ3n) is 4.63. The zero-order valence-corrected chi connectivity index (χ0v) is 16.4. The smallest absolute Gasteiger partial charge is 0.274 e. The highest BCUT2D eigenvalue weighted by Gasteiger charge is 2.19. The molecular weight excluding hydrogens is 346 g/mol. The number of ether oxygens (including phenoxy) is 1. The van der Waals surface area contributed by atoms with E-state index in [1.165, 1.54) is 57.1 Å². The summed E-state index contributed by atoms with van der Waals surface area (Å²) in [6.07, 6.45) is 12.2. The van der Waals surface area contributed by atoms with Crippen LogP contribution in [0.15, 0.2) is 24.3 Å². The molecule has 0 spiro atoms. The maximum absolute atomic E-state index is 11.9. The average Bonchev–Trinajstić information content (AvgIpc) is 2.68. The Balaban J connectivity index is 2.27. The van der Waals surface area contributed by atoms with Crippen LogP contribution in [-0.4, -0.2) is 17.2 Å². The molecule has 1 aromatic rings. The van der Waals surface area contributed by atoms with Crippen LogP contribution < -0.4 is 21.2 Å². The summed E-state index contributed by atoms with van der Waals surface area (Å²) in [7, 11) is 0. The van der Waals surface area contributed by atoms with Crippen LogP contribution >= 0.6 is 0 Å². The molecule has 5 N–H and O–H groups in total. The van der Waals surface area contributed by atoms with Crippen LogP contribution in [0.2, 0.25) is 0 Å². The number of quaternary nitrogens is 1. The Kier molecular flexibility index (Phi) is 12.5. The number of nitrogens with one attached hydrogen (secondary N) is 2. The summed E-state index contributed by atoms with van der Waals surface area (Å²) in [5, 5.41) is 18.8. The zero-order chi connectivity index (χ0) is 19.9. The summed E-state index contributed by atoms with van der Waals surface area (Å²) >= 11 is 0. The molecule has 7 heteroatoms. The summed E-state index contributed by atoms with van der Waals surface area (Å²) in [6, 6.07) is 6.02. The van der Waals surface area contributed by atoms with Gasteiger partial charge in [-0.15, -0.1) is 0 Å². The predicted molar refractivity (Wildman–Crippen MR) is 105 cm³/mol. The van der Waals surface area contributed by atoms with Gasteiger partial charge in [-0.25, -0.2) is 11.0 Å². The Hall–Kier alpha value is -1.67. The SMILES string of the molecule is CCCCCCCCCCCC[C@H](Oc1ccc([NH+]([O-])O)cc1)C(=O)NN. The van der Waals surface area contributed by atoms with Gasteiger partial charge in [-0.05, 0) is 25.0 Å². The first-order chi connectivity index (χ1) is 13.1. The minimum atomic E-state index is -0.997. The van der Waals surface area contributed by atoms with E-state index in [-0.39, 0.29) is 11.6 Å². The largest absolute Gasteiger partial charge is 0.595 e.